The minimum atomic E-state index is -0.0689. The summed E-state index contributed by atoms with van der Waals surface area (Å²) in [5.41, 5.74) is 2.18. The van der Waals surface area contributed by atoms with Crippen LogP contribution in [0.5, 0.6) is 0 Å². The molecule has 0 bridgehead atoms. The van der Waals surface area contributed by atoms with E-state index in [1.807, 2.05) is 13.8 Å². The van der Waals surface area contributed by atoms with Gasteiger partial charge in [0, 0.05) is 25.1 Å². The molecule has 1 aromatic heterocycles. The van der Waals surface area contributed by atoms with Crippen LogP contribution >= 0.6 is 0 Å². The van der Waals surface area contributed by atoms with Crippen molar-refractivity contribution in [3.8, 4) is 0 Å². The fourth-order valence-corrected chi connectivity index (χ4v) is 2.07. The van der Waals surface area contributed by atoms with Crippen molar-refractivity contribution in [1.29, 1.82) is 0 Å². The van der Waals surface area contributed by atoms with Crippen molar-refractivity contribution in [1.82, 2.24) is 9.97 Å². The first-order valence-corrected chi connectivity index (χ1v) is 6.59. The lowest BCUT2D eigenvalue weighted by Crippen LogP contribution is -2.19. The SMILES string of the molecule is CCNc1nc(C(C)OCC)nc2c1COCC2. The number of nitrogens with one attached hydrogen (secondary N) is 1. The number of rotatable bonds is 5. The first kappa shape index (κ1) is 13.2. The van der Waals surface area contributed by atoms with Gasteiger partial charge < -0.3 is 14.8 Å². The highest BCUT2D eigenvalue weighted by Gasteiger charge is 2.20. The fourth-order valence-electron chi connectivity index (χ4n) is 2.07. The third-order valence-corrected chi connectivity index (χ3v) is 2.96. The van der Waals surface area contributed by atoms with Gasteiger partial charge in [0.2, 0.25) is 0 Å². The molecular formula is C13H21N3O2. The van der Waals surface area contributed by atoms with E-state index in [4.69, 9.17) is 9.47 Å². The van der Waals surface area contributed by atoms with Crippen LogP contribution in [0.4, 0.5) is 5.82 Å². The fraction of sp³-hybridized carbons (Fsp3) is 0.692. The second-order valence-corrected chi connectivity index (χ2v) is 4.29. The maximum atomic E-state index is 5.57. The zero-order chi connectivity index (χ0) is 13.0. The van der Waals surface area contributed by atoms with E-state index in [1.165, 1.54) is 0 Å². The van der Waals surface area contributed by atoms with Crippen molar-refractivity contribution < 1.29 is 9.47 Å². The molecule has 0 radical (unpaired) electrons. The summed E-state index contributed by atoms with van der Waals surface area (Å²) >= 11 is 0. The summed E-state index contributed by atoms with van der Waals surface area (Å²) in [6.07, 6.45) is 0.780. The first-order valence-electron chi connectivity index (χ1n) is 6.59. The standard InChI is InChI=1S/C13H21N3O2/c1-4-14-13-10-8-17-7-6-11(10)15-12(16-13)9(3)18-5-2/h9H,4-8H2,1-3H3,(H,14,15,16). The van der Waals surface area contributed by atoms with Crippen LogP contribution in [0.3, 0.4) is 0 Å². The highest BCUT2D eigenvalue weighted by Crippen LogP contribution is 2.24. The summed E-state index contributed by atoms with van der Waals surface area (Å²) in [6, 6.07) is 0. The minimum absolute atomic E-state index is 0.0689. The first-order chi connectivity index (χ1) is 8.76. The van der Waals surface area contributed by atoms with Gasteiger partial charge in [-0.3, -0.25) is 0 Å². The van der Waals surface area contributed by atoms with Crippen LogP contribution in [0.15, 0.2) is 0 Å². The zero-order valence-electron chi connectivity index (χ0n) is 11.3. The van der Waals surface area contributed by atoms with E-state index in [0.29, 0.717) is 13.2 Å². The Morgan fingerprint density at radius 3 is 2.94 bits per heavy atom. The molecule has 5 heteroatoms. The maximum absolute atomic E-state index is 5.57. The van der Waals surface area contributed by atoms with Crippen LogP contribution in [-0.4, -0.2) is 29.7 Å². The molecular weight excluding hydrogens is 230 g/mol. The normalized spacial score (nSPS) is 16.2. The summed E-state index contributed by atoms with van der Waals surface area (Å²) in [4.78, 5) is 9.19. The maximum Gasteiger partial charge on any atom is 0.159 e. The molecule has 5 nitrogen and oxygen atoms in total. The van der Waals surface area contributed by atoms with Crippen molar-refractivity contribution in [3.63, 3.8) is 0 Å². The Bertz CT molecular complexity index is 409. The van der Waals surface area contributed by atoms with E-state index in [0.717, 1.165) is 42.5 Å². The molecule has 0 saturated carbocycles. The van der Waals surface area contributed by atoms with Crippen LogP contribution in [0.25, 0.3) is 0 Å². The van der Waals surface area contributed by atoms with Gasteiger partial charge in [-0.1, -0.05) is 0 Å². The van der Waals surface area contributed by atoms with Gasteiger partial charge in [0.05, 0.1) is 18.9 Å². The van der Waals surface area contributed by atoms with Gasteiger partial charge in [-0.2, -0.15) is 0 Å². The van der Waals surface area contributed by atoms with Gasteiger partial charge in [-0.25, -0.2) is 9.97 Å². The Morgan fingerprint density at radius 1 is 1.39 bits per heavy atom. The number of hydrogen-bond acceptors (Lipinski definition) is 5. The minimum Gasteiger partial charge on any atom is -0.376 e. The number of aromatic nitrogens is 2. The highest BCUT2D eigenvalue weighted by atomic mass is 16.5. The second-order valence-electron chi connectivity index (χ2n) is 4.29. The van der Waals surface area contributed by atoms with Gasteiger partial charge in [0.15, 0.2) is 5.82 Å². The quantitative estimate of drug-likeness (QED) is 0.868. The summed E-state index contributed by atoms with van der Waals surface area (Å²) in [7, 11) is 0. The molecule has 1 N–H and O–H groups in total. The smallest absolute Gasteiger partial charge is 0.159 e. The van der Waals surface area contributed by atoms with E-state index in [-0.39, 0.29) is 6.10 Å². The van der Waals surface area contributed by atoms with Gasteiger partial charge >= 0.3 is 0 Å². The molecule has 2 heterocycles. The third kappa shape index (κ3) is 2.79. The Labute approximate surface area is 108 Å². The number of fused-ring (bicyclic) bond motifs is 1. The second kappa shape index (κ2) is 6.11. The predicted molar refractivity (Wildman–Crippen MR) is 69.6 cm³/mol. The van der Waals surface area contributed by atoms with Crippen molar-refractivity contribution in [2.45, 2.75) is 39.9 Å². The van der Waals surface area contributed by atoms with Gasteiger partial charge in [0.25, 0.3) is 0 Å². The van der Waals surface area contributed by atoms with Crippen LogP contribution in [0.1, 0.15) is 44.0 Å². The van der Waals surface area contributed by atoms with E-state index in [2.05, 4.69) is 22.2 Å². The molecule has 0 fully saturated rings. The highest BCUT2D eigenvalue weighted by molar-refractivity contribution is 5.47. The molecule has 0 aromatic carbocycles. The van der Waals surface area contributed by atoms with Crippen LogP contribution < -0.4 is 5.32 Å². The molecule has 0 amide bonds. The van der Waals surface area contributed by atoms with Crippen LogP contribution in [0.2, 0.25) is 0 Å². The molecule has 1 unspecified atom stereocenters. The van der Waals surface area contributed by atoms with E-state index >= 15 is 0 Å². The largest absolute Gasteiger partial charge is 0.376 e. The topological polar surface area (TPSA) is 56.3 Å². The van der Waals surface area contributed by atoms with Gasteiger partial charge in [-0.15, -0.1) is 0 Å². The van der Waals surface area contributed by atoms with Crippen molar-refractivity contribution in [2.24, 2.45) is 0 Å². The molecule has 0 spiro atoms. The molecule has 1 aliphatic rings. The molecule has 1 aromatic rings. The van der Waals surface area contributed by atoms with Crippen LogP contribution in [-0.2, 0) is 22.5 Å². The molecule has 0 saturated heterocycles. The monoisotopic (exact) mass is 251 g/mol. The third-order valence-electron chi connectivity index (χ3n) is 2.96. The average molecular weight is 251 g/mol. The Kier molecular flexibility index (Phi) is 4.49. The molecule has 100 valence electrons. The predicted octanol–water partition coefficient (Wildman–Crippen LogP) is 2.08. The van der Waals surface area contributed by atoms with E-state index in [9.17, 15) is 0 Å². The number of anilines is 1. The average Bonchev–Trinajstić information content (AvgIpc) is 2.39. The van der Waals surface area contributed by atoms with E-state index in [1.54, 1.807) is 0 Å². The lowest BCUT2D eigenvalue weighted by atomic mass is 10.1. The Hall–Kier alpha value is -1.20. The van der Waals surface area contributed by atoms with Gasteiger partial charge in [0.1, 0.15) is 11.9 Å². The lowest BCUT2D eigenvalue weighted by Gasteiger charge is -2.21. The number of ether oxygens (including phenoxy) is 2. The summed E-state index contributed by atoms with van der Waals surface area (Å²) < 4.78 is 11.0. The molecule has 1 atom stereocenters. The molecule has 0 aliphatic carbocycles. The summed E-state index contributed by atoms with van der Waals surface area (Å²) in [6.45, 7) is 8.87. The van der Waals surface area contributed by atoms with Crippen molar-refractivity contribution in [2.75, 3.05) is 25.1 Å². The zero-order valence-corrected chi connectivity index (χ0v) is 11.3. The molecule has 1 aliphatic heterocycles. The van der Waals surface area contributed by atoms with Crippen LogP contribution in [0, 0.1) is 0 Å². The summed E-state index contributed by atoms with van der Waals surface area (Å²) in [5, 5.41) is 3.29. The lowest BCUT2D eigenvalue weighted by molar-refractivity contribution is 0.0688. The Morgan fingerprint density at radius 2 is 2.22 bits per heavy atom. The number of nitrogens with zero attached hydrogens (tertiary/aromatic N) is 2. The number of hydrogen-bond donors (Lipinski definition) is 1. The van der Waals surface area contributed by atoms with Crippen molar-refractivity contribution >= 4 is 5.82 Å². The summed E-state index contributed by atoms with van der Waals surface area (Å²) in [5.74, 6) is 1.65. The van der Waals surface area contributed by atoms with E-state index < -0.39 is 0 Å². The van der Waals surface area contributed by atoms with Crippen molar-refractivity contribution in [3.05, 3.63) is 17.1 Å². The molecule has 18 heavy (non-hydrogen) atoms. The van der Waals surface area contributed by atoms with Gasteiger partial charge in [-0.05, 0) is 20.8 Å². The molecule has 2 rings (SSSR count). The Balaban J connectivity index is 2.34.